The molecule has 0 aliphatic carbocycles. The average molecular weight is 410 g/mol. The number of nitrogens with zero attached hydrogens (tertiary/aromatic N) is 1. The van der Waals surface area contributed by atoms with Gasteiger partial charge in [0.25, 0.3) is 0 Å². The highest BCUT2D eigenvalue weighted by atomic mass is 32.1. The van der Waals surface area contributed by atoms with Crippen molar-refractivity contribution in [2.24, 2.45) is 0 Å². The summed E-state index contributed by atoms with van der Waals surface area (Å²) in [6, 6.07) is 11.4. The highest BCUT2D eigenvalue weighted by molar-refractivity contribution is 7.13. The van der Waals surface area contributed by atoms with Gasteiger partial charge in [-0.05, 0) is 52.9 Å². The summed E-state index contributed by atoms with van der Waals surface area (Å²) in [5, 5.41) is 4.90. The maximum Gasteiger partial charge on any atom is 0.244 e. The van der Waals surface area contributed by atoms with Gasteiger partial charge in [-0.2, -0.15) is 0 Å². The molecule has 0 fully saturated rings. The molecule has 0 spiro atoms. The number of amides is 1. The van der Waals surface area contributed by atoms with E-state index in [1.807, 2.05) is 29.6 Å². The topological polar surface area (TPSA) is 69.7 Å². The van der Waals surface area contributed by atoms with Crippen LogP contribution in [-0.2, 0) is 11.3 Å². The van der Waals surface area contributed by atoms with E-state index in [1.165, 1.54) is 6.08 Å². The first-order valence-corrected chi connectivity index (χ1v) is 9.77. The number of hydrogen-bond donors (Lipinski definition) is 1. The lowest BCUT2D eigenvalue weighted by atomic mass is 10.1. The van der Waals surface area contributed by atoms with Crippen LogP contribution < -0.4 is 19.5 Å². The summed E-state index contributed by atoms with van der Waals surface area (Å²) in [4.78, 5) is 17.7. The van der Waals surface area contributed by atoms with Crippen molar-refractivity contribution in [1.29, 1.82) is 0 Å². The molecule has 0 saturated carbocycles. The minimum absolute atomic E-state index is 0.201. The van der Waals surface area contributed by atoms with Gasteiger partial charge in [0.1, 0.15) is 0 Å². The minimum atomic E-state index is -0.201. The first-order valence-electron chi connectivity index (χ1n) is 8.89. The van der Waals surface area contributed by atoms with Gasteiger partial charge in [-0.15, -0.1) is 11.3 Å². The number of benzene rings is 1. The predicted molar refractivity (Wildman–Crippen MR) is 115 cm³/mol. The van der Waals surface area contributed by atoms with Gasteiger partial charge in [-0.25, -0.2) is 0 Å². The highest BCUT2D eigenvalue weighted by Crippen LogP contribution is 2.38. The molecule has 0 bridgehead atoms. The van der Waals surface area contributed by atoms with Gasteiger partial charge in [0, 0.05) is 18.8 Å². The van der Waals surface area contributed by atoms with E-state index in [9.17, 15) is 4.79 Å². The number of pyridine rings is 1. The maximum atomic E-state index is 12.2. The summed E-state index contributed by atoms with van der Waals surface area (Å²) in [5.41, 5.74) is 2.65. The van der Waals surface area contributed by atoms with Crippen molar-refractivity contribution in [3.8, 4) is 27.8 Å². The lowest BCUT2D eigenvalue weighted by molar-refractivity contribution is -0.116. The molecule has 3 rings (SSSR count). The minimum Gasteiger partial charge on any atom is -0.493 e. The van der Waals surface area contributed by atoms with Crippen molar-refractivity contribution in [3.05, 3.63) is 65.2 Å². The van der Waals surface area contributed by atoms with Crippen LogP contribution in [0.5, 0.6) is 17.2 Å². The molecule has 0 aliphatic rings. The van der Waals surface area contributed by atoms with Crippen LogP contribution in [0.4, 0.5) is 0 Å². The van der Waals surface area contributed by atoms with Gasteiger partial charge in [-0.1, -0.05) is 6.07 Å². The normalized spacial score (nSPS) is 10.7. The molecule has 2 heterocycles. The maximum absolute atomic E-state index is 12.2. The van der Waals surface area contributed by atoms with Crippen LogP contribution in [0.25, 0.3) is 16.6 Å². The van der Waals surface area contributed by atoms with Crippen LogP contribution in [0, 0.1) is 0 Å². The summed E-state index contributed by atoms with van der Waals surface area (Å²) in [6.07, 6.45) is 4.92. The van der Waals surface area contributed by atoms with E-state index in [0.29, 0.717) is 23.8 Å². The molecule has 3 aromatic rings. The second-order valence-electron chi connectivity index (χ2n) is 6.04. The number of carbonyl (C=O) groups is 1. The van der Waals surface area contributed by atoms with Gasteiger partial charge in [-0.3, -0.25) is 9.78 Å². The van der Waals surface area contributed by atoms with Crippen LogP contribution in [0.1, 0.15) is 11.1 Å². The van der Waals surface area contributed by atoms with Gasteiger partial charge in [0.15, 0.2) is 11.5 Å². The number of aromatic nitrogens is 1. The van der Waals surface area contributed by atoms with Crippen molar-refractivity contribution in [3.63, 3.8) is 0 Å². The predicted octanol–water partition coefficient (Wildman–Crippen LogP) is 4.17. The molecule has 0 atom stereocenters. The fourth-order valence-electron chi connectivity index (χ4n) is 2.76. The molecule has 7 heteroatoms. The number of carbonyl (C=O) groups excluding carboxylic acids is 1. The summed E-state index contributed by atoms with van der Waals surface area (Å²) in [6.45, 7) is 0.416. The SMILES string of the molecule is COc1cc(/C=C/C(=O)NCc2ccnc(-c3cccs3)c2)cc(OC)c1OC. The molecule has 0 unspecified atom stereocenters. The summed E-state index contributed by atoms with van der Waals surface area (Å²) in [5.74, 6) is 1.37. The van der Waals surface area contributed by atoms with Crippen LogP contribution in [-0.4, -0.2) is 32.2 Å². The fraction of sp³-hybridized carbons (Fsp3) is 0.182. The fourth-order valence-corrected chi connectivity index (χ4v) is 3.45. The van der Waals surface area contributed by atoms with Crippen molar-refractivity contribution in [1.82, 2.24) is 10.3 Å². The van der Waals surface area contributed by atoms with E-state index in [-0.39, 0.29) is 5.91 Å². The van der Waals surface area contributed by atoms with E-state index in [4.69, 9.17) is 14.2 Å². The summed E-state index contributed by atoms with van der Waals surface area (Å²) in [7, 11) is 4.65. The van der Waals surface area contributed by atoms with Gasteiger partial charge in [0.2, 0.25) is 11.7 Å². The van der Waals surface area contributed by atoms with E-state index < -0.39 is 0 Å². The van der Waals surface area contributed by atoms with Crippen LogP contribution in [0.2, 0.25) is 0 Å². The number of rotatable bonds is 8. The zero-order chi connectivity index (χ0) is 20.6. The zero-order valence-corrected chi connectivity index (χ0v) is 17.3. The lowest BCUT2D eigenvalue weighted by Crippen LogP contribution is -2.20. The van der Waals surface area contributed by atoms with E-state index in [1.54, 1.807) is 57.1 Å². The molecule has 6 nitrogen and oxygen atoms in total. The summed E-state index contributed by atoms with van der Waals surface area (Å²) < 4.78 is 16.0. The Morgan fingerprint density at radius 2 is 1.86 bits per heavy atom. The van der Waals surface area contributed by atoms with Gasteiger partial charge >= 0.3 is 0 Å². The quantitative estimate of drug-likeness (QED) is 0.565. The molecule has 1 N–H and O–H groups in total. The van der Waals surface area contributed by atoms with E-state index in [2.05, 4.69) is 10.3 Å². The molecule has 0 radical (unpaired) electrons. The average Bonchev–Trinajstić information content (AvgIpc) is 3.30. The molecule has 1 aromatic carbocycles. The van der Waals surface area contributed by atoms with E-state index in [0.717, 1.165) is 21.7 Å². The third kappa shape index (κ3) is 5.14. The highest BCUT2D eigenvalue weighted by Gasteiger charge is 2.12. The number of nitrogens with one attached hydrogen (secondary N) is 1. The molecule has 1 amide bonds. The van der Waals surface area contributed by atoms with Crippen LogP contribution in [0.3, 0.4) is 0 Å². The van der Waals surface area contributed by atoms with Crippen molar-refractivity contribution in [2.45, 2.75) is 6.54 Å². The third-order valence-corrected chi connectivity index (χ3v) is 5.07. The Labute approximate surface area is 173 Å². The monoisotopic (exact) mass is 410 g/mol. The van der Waals surface area contributed by atoms with Gasteiger partial charge in [0.05, 0.1) is 31.9 Å². The lowest BCUT2D eigenvalue weighted by Gasteiger charge is -2.12. The molecular weight excluding hydrogens is 388 g/mol. The summed E-state index contributed by atoms with van der Waals surface area (Å²) >= 11 is 1.63. The standard InChI is InChI=1S/C22H22N2O4S/c1-26-18-12-15(13-19(27-2)22(18)28-3)6-7-21(25)24-14-16-8-9-23-17(11-16)20-5-4-10-29-20/h4-13H,14H2,1-3H3,(H,24,25)/b7-6+. The number of methoxy groups -OCH3 is 3. The van der Waals surface area contributed by atoms with Crippen LogP contribution in [0.15, 0.2) is 54.1 Å². The van der Waals surface area contributed by atoms with Gasteiger partial charge < -0.3 is 19.5 Å². The Hall–Kier alpha value is -3.32. The molecule has 0 saturated heterocycles. The Morgan fingerprint density at radius 1 is 1.10 bits per heavy atom. The Kier molecular flexibility index (Phi) is 6.86. The largest absolute Gasteiger partial charge is 0.493 e. The smallest absolute Gasteiger partial charge is 0.244 e. The van der Waals surface area contributed by atoms with Crippen molar-refractivity contribution >= 4 is 23.3 Å². The number of ether oxygens (including phenoxy) is 3. The second-order valence-corrected chi connectivity index (χ2v) is 6.98. The number of hydrogen-bond acceptors (Lipinski definition) is 6. The zero-order valence-electron chi connectivity index (χ0n) is 16.5. The van der Waals surface area contributed by atoms with Crippen molar-refractivity contribution < 1.29 is 19.0 Å². The van der Waals surface area contributed by atoms with Crippen LogP contribution >= 0.6 is 11.3 Å². The molecule has 2 aromatic heterocycles. The first-order chi connectivity index (χ1) is 14.1. The first kappa shape index (κ1) is 20.4. The molecular formula is C22H22N2O4S. The third-order valence-electron chi connectivity index (χ3n) is 4.18. The van der Waals surface area contributed by atoms with Crippen molar-refractivity contribution in [2.75, 3.05) is 21.3 Å². The molecule has 0 aliphatic heterocycles. The second kappa shape index (κ2) is 9.75. The molecule has 29 heavy (non-hydrogen) atoms. The van der Waals surface area contributed by atoms with E-state index >= 15 is 0 Å². The number of thiophene rings is 1. The molecule has 150 valence electrons. The Bertz CT molecular complexity index is 975. The Morgan fingerprint density at radius 3 is 2.48 bits per heavy atom. The Balaban J connectivity index is 1.65.